The molecule has 1 nitrogen and oxygen atoms in total. The zero-order valence-corrected chi connectivity index (χ0v) is 24.3. The van der Waals surface area contributed by atoms with Crippen LogP contribution in [0.5, 0.6) is 5.75 Å². The average molecular weight is 557 g/mol. The molecule has 2 aromatic rings. The normalized spacial score (nSPS) is 11.2. The van der Waals surface area contributed by atoms with Crippen LogP contribution >= 0.6 is 0 Å². The highest BCUT2D eigenvalue weighted by Gasteiger charge is 2.20. The minimum atomic E-state index is -6.00. The summed E-state index contributed by atoms with van der Waals surface area (Å²) in [6, 6.07) is 19.3. The Labute approximate surface area is 233 Å². The van der Waals surface area contributed by atoms with Gasteiger partial charge in [-0.05, 0) is 30.7 Å². The van der Waals surface area contributed by atoms with E-state index >= 15 is 0 Å². The van der Waals surface area contributed by atoms with E-state index in [0.29, 0.717) is 0 Å². The topological polar surface area (TPSA) is 9.23 Å². The minimum Gasteiger partial charge on any atom is -0.494 e. The highest BCUT2D eigenvalue weighted by molar-refractivity contribution is 7.77. The minimum absolute atomic E-state index is 0.847. The van der Waals surface area contributed by atoms with Crippen LogP contribution in [-0.2, 0) is 17.5 Å². The van der Waals surface area contributed by atoms with E-state index in [1.807, 2.05) is 0 Å². The summed E-state index contributed by atoms with van der Waals surface area (Å²) >= 11 is 1.35. The van der Waals surface area contributed by atoms with Crippen LogP contribution in [0.25, 0.3) is 0 Å². The fraction of sp³-hybridized carbons (Fsp3) is 0.613. The van der Waals surface area contributed by atoms with E-state index in [0.717, 1.165) is 18.1 Å². The summed E-state index contributed by atoms with van der Waals surface area (Å²) in [5.74, 6) is 2.08. The van der Waals surface area contributed by atoms with Crippen LogP contribution in [0.2, 0.25) is 0 Å². The van der Waals surface area contributed by atoms with E-state index in [-0.39, 0.29) is 0 Å². The Balaban J connectivity index is 0.00000132. The fourth-order valence-corrected chi connectivity index (χ4v) is 5.19. The predicted molar refractivity (Wildman–Crippen MR) is 159 cm³/mol. The van der Waals surface area contributed by atoms with Crippen LogP contribution in [0.4, 0.5) is 17.3 Å². The van der Waals surface area contributed by atoms with Gasteiger partial charge in [0.1, 0.15) is 11.5 Å². The molecule has 0 radical (unpaired) electrons. The van der Waals surface area contributed by atoms with Gasteiger partial charge in [-0.25, -0.2) is 0 Å². The Morgan fingerprint density at radius 2 is 1.00 bits per heavy atom. The third-order valence-corrected chi connectivity index (χ3v) is 7.58. The number of ether oxygens (including phenoxy) is 1. The number of unbranched alkanes of at least 4 members (excludes halogenated alkanes) is 15. The van der Waals surface area contributed by atoms with Crippen molar-refractivity contribution >= 4 is 19.0 Å². The maximum atomic E-state index is 9.75. The second kappa shape index (κ2) is 23.3. The van der Waals surface area contributed by atoms with Crippen molar-refractivity contribution in [1.82, 2.24) is 0 Å². The van der Waals surface area contributed by atoms with Crippen molar-refractivity contribution < 1.29 is 22.0 Å². The van der Waals surface area contributed by atoms with Crippen LogP contribution in [0.3, 0.4) is 0 Å². The van der Waals surface area contributed by atoms with Gasteiger partial charge in [0.05, 0.1) is 6.61 Å². The molecule has 2 aromatic carbocycles. The van der Waals surface area contributed by atoms with Crippen molar-refractivity contribution in [3.05, 3.63) is 60.2 Å². The van der Waals surface area contributed by atoms with Crippen LogP contribution in [-0.4, -0.2) is 13.9 Å². The summed E-state index contributed by atoms with van der Waals surface area (Å²) in [4.78, 5) is 1.36. The first-order chi connectivity index (χ1) is 18.4. The lowest BCUT2D eigenvalue weighted by molar-refractivity contribution is 0.304. The lowest BCUT2D eigenvalue weighted by atomic mass is 10.0. The standard InChI is InChI=1S/C31H48OS.BF4/c1-2-3-4-5-6-7-8-9-10-11-12-13-14-15-16-20-27-32-30-23-25-31(26-24-30)33-28-29-21-18-17-19-22-29;2-1(3,4)5/h17-19,21-26H,2-16,20,27-28H2,1H3;/q;-1/p+1. The summed E-state index contributed by atoms with van der Waals surface area (Å²) < 4.78 is 44.9. The number of benzene rings is 2. The Morgan fingerprint density at radius 1 is 0.579 bits per heavy atom. The fourth-order valence-electron chi connectivity index (χ4n) is 4.25. The van der Waals surface area contributed by atoms with E-state index in [9.17, 15) is 17.3 Å². The lowest BCUT2D eigenvalue weighted by Gasteiger charge is -2.06. The predicted octanol–water partition coefficient (Wildman–Crippen LogP) is 11.0. The van der Waals surface area contributed by atoms with E-state index < -0.39 is 7.25 Å². The molecule has 0 fully saturated rings. The summed E-state index contributed by atoms with van der Waals surface area (Å²) in [5, 5.41) is 0. The number of hydrogen-bond donors (Lipinski definition) is 0. The molecule has 0 saturated heterocycles. The van der Waals surface area contributed by atoms with E-state index in [4.69, 9.17) is 4.74 Å². The van der Waals surface area contributed by atoms with Crippen molar-refractivity contribution in [3.63, 3.8) is 0 Å². The Bertz CT molecular complexity index is 766. The monoisotopic (exact) mass is 556 g/mol. The van der Waals surface area contributed by atoms with Gasteiger partial charge in [0.15, 0.2) is 4.90 Å². The molecule has 0 bridgehead atoms. The number of thiol groups is 1. The summed E-state index contributed by atoms with van der Waals surface area (Å²) in [6.07, 6.45) is 22.5. The zero-order valence-electron chi connectivity index (χ0n) is 23.4. The molecule has 38 heavy (non-hydrogen) atoms. The zero-order chi connectivity index (χ0) is 27.7. The molecule has 0 aliphatic heterocycles. The van der Waals surface area contributed by atoms with Gasteiger partial charge in [0, 0.05) is 17.3 Å². The largest absolute Gasteiger partial charge is 0.673 e. The molecule has 216 valence electrons. The van der Waals surface area contributed by atoms with Crippen molar-refractivity contribution in [2.24, 2.45) is 0 Å². The van der Waals surface area contributed by atoms with Gasteiger partial charge in [-0.15, -0.1) is 0 Å². The molecular formula is C31H49BF4OS. The highest BCUT2D eigenvalue weighted by Crippen LogP contribution is 2.17. The quantitative estimate of drug-likeness (QED) is 0.0489. The van der Waals surface area contributed by atoms with Crippen LogP contribution in [0.15, 0.2) is 59.5 Å². The molecule has 7 heteroatoms. The number of hydrogen-bond acceptors (Lipinski definition) is 1. The lowest BCUT2D eigenvalue weighted by Crippen LogP contribution is -2.02. The number of rotatable bonds is 21. The third-order valence-electron chi connectivity index (χ3n) is 6.39. The summed E-state index contributed by atoms with van der Waals surface area (Å²) in [5.41, 5.74) is 1.39. The first-order valence-electron chi connectivity index (χ1n) is 14.7. The molecule has 0 amide bonds. The van der Waals surface area contributed by atoms with Gasteiger partial charge in [-0.2, -0.15) is 0 Å². The van der Waals surface area contributed by atoms with Gasteiger partial charge in [0.2, 0.25) is 0 Å². The summed E-state index contributed by atoms with van der Waals surface area (Å²) in [7, 11) is -6.00. The van der Waals surface area contributed by atoms with Crippen LogP contribution in [0, 0.1) is 0 Å². The maximum Gasteiger partial charge on any atom is 0.673 e. The van der Waals surface area contributed by atoms with Crippen LogP contribution < -0.4 is 4.74 Å². The van der Waals surface area contributed by atoms with Crippen molar-refractivity contribution in [2.45, 2.75) is 120 Å². The summed E-state index contributed by atoms with van der Waals surface area (Å²) in [6.45, 7) is 3.14. The van der Waals surface area contributed by atoms with Gasteiger partial charge >= 0.3 is 7.25 Å². The molecule has 0 atom stereocenters. The molecule has 0 heterocycles. The second-order valence-electron chi connectivity index (χ2n) is 9.94. The molecule has 2 rings (SSSR count). The average Bonchev–Trinajstić information content (AvgIpc) is 2.89. The third kappa shape index (κ3) is 23.5. The van der Waals surface area contributed by atoms with Gasteiger partial charge in [0.25, 0.3) is 0 Å². The van der Waals surface area contributed by atoms with Crippen molar-refractivity contribution in [3.8, 4) is 5.75 Å². The van der Waals surface area contributed by atoms with Crippen molar-refractivity contribution in [2.75, 3.05) is 6.61 Å². The van der Waals surface area contributed by atoms with E-state index in [1.54, 1.807) is 0 Å². The molecule has 0 unspecified atom stereocenters. The number of halogens is 4. The van der Waals surface area contributed by atoms with Gasteiger partial charge in [-0.1, -0.05) is 134 Å². The molecular weight excluding hydrogens is 507 g/mol. The van der Waals surface area contributed by atoms with Gasteiger partial charge < -0.3 is 22.0 Å². The smallest absolute Gasteiger partial charge is 0.494 e. The van der Waals surface area contributed by atoms with E-state index in [1.165, 1.54) is 125 Å². The maximum absolute atomic E-state index is 9.75. The SMILES string of the molecule is CCCCCCCCCCCCCCCCCCOc1ccc([SH+]Cc2ccccc2)cc1.F[B-](F)(F)F. The Kier molecular flexibility index (Phi) is 21.1. The van der Waals surface area contributed by atoms with Crippen molar-refractivity contribution in [1.29, 1.82) is 0 Å². The molecule has 0 spiro atoms. The first-order valence-corrected chi connectivity index (χ1v) is 15.8. The molecule has 0 aliphatic rings. The molecule has 0 aliphatic carbocycles. The Morgan fingerprint density at radius 3 is 1.45 bits per heavy atom. The molecule has 0 saturated carbocycles. The Hall–Kier alpha value is -1.63. The van der Waals surface area contributed by atoms with Gasteiger partial charge in [-0.3, -0.25) is 0 Å². The second-order valence-corrected chi connectivity index (χ2v) is 11.1. The molecule has 0 N–H and O–H groups in total. The highest BCUT2D eigenvalue weighted by atomic mass is 32.2. The first kappa shape index (κ1) is 34.4. The molecule has 0 aromatic heterocycles. The van der Waals surface area contributed by atoms with Crippen LogP contribution in [0.1, 0.15) is 115 Å². The van der Waals surface area contributed by atoms with E-state index in [2.05, 4.69) is 61.5 Å².